The Morgan fingerprint density at radius 3 is 1.87 bits per heavy atom. The number of aromatic amines is 2. The number of primary amides is 1. The monoisotopic (exact) mass is 548 g/mol. The molecule has 0 saturated heterocycles. The van der Waals surface area contributed by atoms with Crippen molar-refractivity contribution >= 4 is 29.6 Å². The smallest absolute Gasteiger partial charge is 0.326 e. The predicted octanol–water partition coefficient (Wildman–Crippen LogP) is -2.82. The number of amides is 4. The number of carboxylic acids is 1. The first-order valence-electron chi connectivity index (χ1n) is 12.4. The summed E-state index contributed by atoms with van der Waals surface area (Å²) < 4.78 is 0. The molecule has 2 aromatic rings. The number of nitrogens with two attached hydrogens (primary N) is 3. The average molecular weight is 549 g/mol. The maximum absolute atomic E-state index is 13.2. The van der Waals surface area contributed by atoms with Crippen LogP contribution in [0.4, 0.5) is 0 Å². The number of unbranched alkanes of at least 4 members (excludes halogenated alkanes) is 1. The summed E-state index contributed by atoms with van der Waals surface area (Å²) in [6.45, 7) is 0.353. The summed E-state index contributed by atoms with van der Waals surface area (Å²) in [6, 6.07) is -4.70. The molecule has 214 valence electrons. The van der Waals surface area contributed by atoms with Gasteiger partial charge < -0.3 is 48.2 Å². The number of aromatic nitrogens is 4. The van der Waals surface area contributed by atoms with E-state index in [4.69, 9.17) is 17.2 Å². The molecule has 0 saturated carbocycles. The van der Waals surface area contributed by atoms with Crippen molar-refractivity contribution < 1.29 is 29.1 Å². The first-order chi connectivity index (χ1) is 18.6. The molecule has 4 unspecified atom stereocenters. The lowest BCUT2D eigenvalue weighted by atomic mass is 10.0. The Hall–Kier alpha value is -4.31. The van der Waals surface area contributed by atoms with Crippen LogP contribution in [-0.4, -0.2) is 85.4 Å². The number of carbonyl (C=O) groups excluding carboxylic acids is 4. The number of hydrogen-bond donors (Lipinski definition) is 9. The second-order valence-corrected chi connectivity index (χ2v) is 8.98. The van der Waals surface area contributed by atoms with Crippen LogP contribution in [0.2, 0.25) is 0 Å². The summed E-state index contributed by atoms with van der Waals surface area (Å²) in [4.78, 5) is 75.4. The fourth-order valence-electron chi connectivity index (χ4n) is 3.68. The van der Waals surface area contributed by atoms with Gasteiger partial charge >= 0.3 is 5.97 Å². The lowest BCUT2D eigenvalue weighted by molar-refractivity contribution is -0.142. The van der Waals surface area contributed by atoms with Crippen molar-refractivity contribution in [3.63, 3.8) is 0 Å². The third-order valence-electron chi connectivity index (χ3n) is 5.82. The van der Waals surface area contributed by atoms with E-state index in [1.807, 2.05) is 0 Å². The van der Waals surface area contributed by atoms with E-state index in [2.05, 4.69) is 35.9 Å². The van der Waals surface area contributed by atoms with Gasteiger partial charge in [0.25, 0.3) is 0 Å². The number of nitrogens with one attached hydrogen (secondary N) is 5. The van der Waals surface area contributed by atoms with E-state index < -0.39 is 53.8 Å². The lowest BCUT2D eigenvalue weighted by Crippen LogP contribution is -2.57. The largest absolute Gasteiger partial charge is 0.480 e. The zero-order valence-corrected chi connectivity index (χ0v) is 21.4. The van der Waals surface area contributed by atoms with E-state index in [0.29, 0.717) is 30.8 Å². The Balaban J connectivity index is 2.12. The molecule has 2 rings (SSSR count). The fourth-order valence-corrected chi connectivity index (χ4v) is 3.68. The second-order valence-electron chi connectivity index (χ2n) is 8.98. The molecule has 0 aromatic carbocycles. The van der Waals surface area contributed by atoms with Gasteiger partial charge in [-0.25, -0.2) is 14.8 Å². The number of nitrogens with zero attached hydrogens (tertiary/aromatic N) is 2. The van der Waals surface area contributed by atoms with Crippen molar-refractivity contribution in [1.82, 2.24) is 35.9 Å². The van der Waals surface area contributed by atoms with Crippen molar-refractivity contribution in [3.8, 4) is 0 Å². The van der Waals surface area contributed by atoms with Gasteiger partial charge in [0.2, 0.25) is 23.6 Å². The minimum Gasteiger partial charge on any atom is -0.480 e. The quantitative estimate of drug-likeness (QED) is 0.0861. The van der Waals surface area contributed by atoms with Crippen molar-refractivity contribution in [2.75, 3.05) is 6.54 Å². The van der Waals surface area contributed by atoms with Crippen LogP contribution in [0.5, 0.6) is 0 Å². The van der Waals surface area contributed by atoms with Gasteiger partial charge in [0.15, 0.2) is 0 Å². The fraction of sp³-hybridized carbons (Fsp3) is 0.522. The van der Waals surface area contributed by atoms with Crippen LogP contribution in [0.3, 0.4) is 0 Å². The molecule has 0 fully saturated rings. The number of hydrogen-bond acceptors (Lipinski definition) is 9. The molecular formula is C23H36N10O6. The minimum absolute atomic E-state index is 0.0595. The molecule has 4 amide bonds. The van der Waals surface area contributed by atoms with E-state index in [1.165, 1.54) is 25.0 Å². The highest BCUT2D eigenvalue weighted by molar-refractivity contribution is 5.94. The van der Waals surface area contributed by atoms with Gasteiger partial charge in [0.1, 0.15) is 18.1 Å². The SMILES string of the molecule is NCCCCC(NC(=O)C(CCC(N)=O)NC(=O)C(N)Cc1cnc[nH]1)C(=O)NC(Cc1cnc[nH]1)C(=O)O. The van der Waals surface area contributed by atoms with E-state index in [1.54, 1.807) is 0 Å². The second kappa shape index (κ2) is 15.8. The highest BCUT2D eigenvalue weighted by Crippen LogP contribution is 2.07. The molecule has 16 heteroatoms. The molecule has 2 aromatic heterocycles. The number of carboxylic acid groups (broad SMARTS) is 1. The van der Waals surface area contributed by atoms with Gasteiger partial charge in [-0.05, 0) is 32.2 Å². The minimum atomic E-state index is -1.29. The van der Waals surface area contributed by atoms with Crippen molar-refractivity contribution in [3.05, 3.63) is 36.4 Å². The van der Waals surface area contributed by atoms with Gasteiger partial charge in [-0.2, -0.15) is 0 Å². The molecular weight excluding hydrogens is 512 g/mol. The van der Waals surface area contributed by atoms with E-state index >= 15 is 0 Å². The zero-order valence-electron chi connectivity index (χ0n) is 21.4. The van der Waals surface area contributed by atoms with Crippen LogP contribution in [0, 0.1) is 0 Å². The summed E-state index contributed by atoms with van der Waals surface area (Å²) in [5.74, 6) is -4.12. The van der Waals surface area contributed by atoms with Crippen LogP contribution < -0.4 is 33.2 Å². The van der Waals surface area contributed by atoms with Crippen LogP contribution >= 0.6 is 0 Å². The Morgan fingerprint density at radius 1 is 0.821 bits per heavy atom. The molecule has 12 N–H and O–H groups in total. The summed E-state index contributed by atoms with van der Waals surface area (Å²) >= 11 is 0. The summed E-state index contributed by atoms with van der Waals surface area (Å²) in [6.07, 6.45) is 6.63. The van der Waals surface area contributed by atoms with Gasteiger partial charge in [-0.3, -0.25) is 19.2 Å². The first kappa shape index (κ1) is 30.9. The third kappa shape index (κ3) is 10.9. The van der Waals surface area contributed by atoms with E-state index in [9.17, 15) is 29.1 Å². The molecule has 0 spiro atoms. The maximum atomic E-state index is 13.2. The lowest BCUT2D eigenvalue weighted by Gasteiger charge is -2.25. The molecule has 0 aliphatic rings. The number of rotatable bonds is 18. The van der Waals surface area contributed by atoms with E-state index in [0.717, 1.165) is 0 Å². The molecule has 16 nitrogen and oxygen atoms in total. The van der Waals surface area contributed by atoms with Gasteiger partial charge in [-0.15, -0.1) is 0 Å². The number of carbonyl (C=O) groups is 5. The molecule has 0 bridgehead atoms. The Morgan fingerprint density at radius 2 is 1.36 bits per heavy atom. The zero-order chi connectivity index (χ0) is 28.8. The Bertz CT molecular complexity index is 1080. The normalized spacial score (nSPS) is 14.0. The molecule has 0 aliphatic carbocycles. The van der Waals surface area contributed by atoms with Crippen LogP contribution in [0.25, 0.3) is 0 Å². The van der Waals surface area contributed by atoms with Crippen LogP contribution in [-0.2, 0) is 36.8 Å². The predicted molar refractivity (Wildman–Crippen MR) is 137 cm³/mol. The third-order valence-corrected chi connectivity index (χ3v) is 5.82. The van der Waals surface area contributed by atoms with E-state index in [-0.39, 0.29) is 32.1 Å². The van der Waals surface area contributed by atoms with Crippen LogP contribution in [0.15, 0.2) is 25.0 Å². The number of H-pyrrole nitrogens is 2. The van der Waals surface area contributed by atoms with Gasteiger partial charge in [0.05, 0.1) is 18.7 Å². The topological polar surface area (TPSA) is 277 Å². The molecule has 0 aliphatic heterocycles. The maximum Gasteiger partial charge on any atom is 0.326 e. The summed E-state index contributed by atoms with van der Waals surface area (Å²) in [7, 11) is 0. The molecule has 0 radical (unpaired) electrons. The van der Waals surface area contributed by atoms with Gasteiger partial charge in [0, 0.05) is 43.0 Å². The summed E-state index contributed by atoms with van der Waals surface area (Å²) in [5, 5.41) is 17.1. The highest BCUT2D eigenvalue weighted by atomic mass is 16.4. The van der Waals surface area contributed by atoms with Crippen molar-refractivity contribution in [1.29, 1.82) is 0 Å². The average Bonchev–Trinajstić information content (AvgIpc) is 3.59. The Kier molecular flexibility index (Phi) is 12.5. The van der Waals surface area contributed by atoms with Gasteiger partial charge in [-0.1, -0.05) is 0 Å². The molecule has 2 heterocycles. The van der Waals surface area contributed by atoms with Crippen molar-refractivity contribution in [2.45, 2.75) is 69.1 Å². The van der Waals surface area contributed by atoms with Crippen molar-refractivity contribution in [2.24, 2.45) is 17.2 Å². The van der Waals surface area contributed by atoms with Crippen LogP contribution in [0.1, 0.15) is 43.5 Å². The molecule has 39 heavy (non-hydrogen) atoms. The Labute approximate surface area is 224 Å². The first-order valence-corrected chi connectivity index (χ1v) is 12.4. The standard InChI is InChI=1S/C23H36N10O6/c24-6-2-1-3-16(21(36)33-18(23(38)39)8-14-10-28-12-30-14)32-22(37)17(4-5-19(26)34)31-20(35)15(25)7-13-9-27-11-29-13/h9-12,15-18H,1-8,24-25H2,(H2,26,34)(H,27,29)(H,28,30)(H,31,35)(H,32,37)(H,33,36)(H,38,39). The molecule has 4 atom stereocenters. The summed E-state index contributed by atoms with van der Waals surface area (Å²) in [5.41, 5.74) is 17.8. The number of imidazole rings is 2. The number of aliphatic carboxylic acids is 1. The highest BCUT2D eigenvalue weighted by Gasteiger charge is 2.30.